The third-order valence-corrected chi connectivity index (χ3v) is 8.23. The van der Waals surface area contributed by atoms with Gasteiger partial charge in [0.2, 0.25) is 0 Å². The molecule has 0 atom stereocenters. The Morgan fingerprint density at radius 1 is 0.800 bits per heavy atom. The van der Waals surface area contributed by atoms with Crippen LogP contribution in [-0.2, 0) is 9.53 Å². The fourth-order valence-electron chi connectivity index (χ4n) is 6.03. The van der Waals surface area contributed by atoms with Crippen LogP contribution in [0.5, 0.6) is 0 Å². The number of esters is 1. The highest BCUT2D eigenvalue weighted by molar-refractivity contribution is 5.73. The Hall–Kier alpha value is -0.0900. The monoisotopic (exact) mass is 487 g/mol. The highest BCUT2D eigenvalue weighted by Gasteiger charge is 2.39. The number of unbranched alkanes of at least 4 members (excludes halogenated alkanes) is 5. The van der Waals surface area contributed by atoms with Crippen LogP contribution in [-0.4, -0.2) is 43.2 Å². The number of halogens is 1. The van der Waals surface area contributed by atoms with Gasteiger partial charge in [-0.15, -0.1) is 0 Å². The first-order valence-corrected chi connectivity index (χ1v) is 13.2. The lowest BCUT2D eigenvalue weighted by Crippen LogP contribution is -3.00. The van der Waals surface area contributed by atoms with Crippen molar-refractivity contribution in [2.75, 3.05) is 32.8 Å². The van der Waals surface area contributed by atoms with Crippen molar-refractivity contribution in [3.8, 4) is 0 Å². The van der Waals surface area contributed by atoms with E-state index in [1.165, 1.54) is 96.4 Å². The molecule has 0 amide bonds. The van der Waals surface area contributed by atoms with E-state index < -0.39 is 0 Å². The van der Waals surface area contributed by atoms with Gasteiger partial charge in [-0.2, -0.15) is 0 Å². The quantitative estimate of drug-likeness (QED) is 0.199. The fourth-order valence-corrected chi connectivity index (χ4v) is 6.03. The number of ether oxygens (including phenoxy) is 1. The topological polar surface area (TPSA) is 26.3 Å². The molecule has 0 aromatic rings. The lowest BCUT2D eigenvalue weighted by molar-refractivity contribution is -0.925. The molecule has 0 spiro atoms. The molecule has 0 heterocycles. The van der Waals surface area contributed by atoms with Crippen molar-refractivity contribution in [3.63, 3.8) is 0 Å². The molecule has 0 aromatic heterocycles. The fraction of sp³-hybridized carbons (Fsp3) is 0.962. The molecular formula is C26H50BrNO2. The van der Waals surface area contributed by atoms with Crippen molar-refractivity contribution in [1.29, 1.82) is 0 Å². The maximum absolute atomic E-state index is 13.1. The molecule has 2 saturated carbocycles. The molecule has 2 aliphatic rings. The SMILES string of the molecule is CCCCCCCC[N+](CC)(CC)CCOC(=O)C(C1CCCC1)C1CCCC1.[Br-]. The standard InChI is InChI=1S/C26H50NO2.BrH/c1-4-7-8-9-10-15-20-27(5-2,6-3)21-22-29-26(28)25(23-16-11-12-17-23)24-18-13-14-19-24;/h23-25H,4-22H2,1-3H3;1H/q+1;/p-1. The van der Waals surface area contributed by atoms with Crippen LogP contribution in [0.15, 0.2) is 0 Å². The summed E-state index contributed by atoms with van der Waals surface area (Å²) >= 11 is 0. The Bertz CT molecular complexity index is 424. The molecular weight excluding hydrogens is 438 g/mol. The van der Waals surface area contributed by atoms with Gasteiger partial charge in [0, 0.05) is 0 Å². The smallest absolute Gasteiger partial charge is 0.309 e. The summed E-state index contributed by atoms with van der Waals surface area (Å²) in [6, 6.07) is 0. The summed E-state index contributed by atoms with van der Waals surface area (Å²) in [5.74, 6) is 1.55. The van der Waals surface area contributed by atoms with E-state index in [1.807, 2.05) is 0 Å². The lowest BCUT2D eigenvalue weighted by atomic mass is 9.79. The molecule has 0 aliphatic heterocycles. The second-order valence-corrected chi connectivity index (χ2v) is 9.97. The molecule has 2 aliphatic carbocycles. The minimum absolute atomic E-state index is 0. The molecule has 0 bridgehead atoms. The van der Waals surface area contributed by atoms with Crippen molar-refractivity contribution in [2.24, 2.45) is 17.8 Å². The zero-order valence-electron chi connectivity index (χ0n) is 20.3. The van der Waals surface area contributed by atoms with Crippen molar-refractivity contribution >= 4 is 5.97 Å². The van der Waals surface area contributed by atoms with E-state index in [0.29, 0.717) is 18.4 Å². The zero-order valence-corrected chi connectivity index (χ0v) is 21.9. The summed E-state index contributed by atoms with van der Waals surface area (Å²) in [7, 11) is 0. The molecule has 0 N–H and O–H groups in total. The highest BCUT2D eigenvalue weighted by Crippen LogP contribution is 2.42. The normalized spacial score (nSPS) is 18.1. The van der Waals surface area contributed by atoms with Gasteiger partial charge in [0.1, 0.15) is 13.2 Å². The Balaban J connectivity index is 0.00000450. The van der Waals surface area contributed by atoms with E-state index in [-0.39, 0.29) is 28.9 Å². The lowest BCUT2D eigenvalue weighted by Gasteiger charge is -2.37. The second-order valence-electron chi connectivity index (χ2n) is 9.97. The average Bonchev–Trinajstić information content (AvgIpc) is 3.44. The van der Waals surface area contributed by atoms with E-state index in [2.05, 4.69) is 20.8 Å². The number of quaternary nitrogens is 1. The minimum atomic E-state index is 0. The Kier molecular flexibility index (Phi) is 14.6. The van der Waals surface area contributed by atoms with Crippen molar-refractivity contribution < 1.29 is 31.0 Å². The van der Waals surface area contributed by atoms with Crippen molar-refractivity contribution in [3.05, 3.63) is 0 Å². The molecule has 30 heavy (non-hydrogen) atoms. The maximum atomic E-state index is 13.1. The summed E-state index contributed by atoms with van der Waals surface area (Å²) in [6.45, 7) is 12.1. The van der Waals surface area contributed by atoms with E-state index in [1.54, 1.807) is 0 Å². The second kappa shape index (κ2) is 15.7. The number of carbonyl (C=O) groups excluding carboxylic acids is 1. The molecule has 3 nitrogen and oxygen atoms in total. The van der Waals surface area contributed by atoms with Crippen LogP contribution < -0.4 is 17.0 Å². The molecule has 0 aromatic carbocycles. The predicted molar refractivity (Wildman–Crippen MR) is 123 cm³/mol. The van der Waals surface area contributed by atoms with E-state index in [4.69, 9.17) is 4.74 Å². The largest absolute Gasteiger partial charge is 1.00 e. The van der Waals surface area contributed by atoms with Gasteiger partial charge in [0.25, 0.3) is 0 Å². The zero-order chi connectivity index (χ0) is 21.0. The van der Waals surface area contributed by atoms with Crippen LogP contribution in [0.25, 0.3) is 0 Å². The van der Waals surface area contributed by atoms with Crippen molar-refractivity contribution in [2.45, 2.75) is 111 Å². The Morgan fingerprint density at radius 3 is 1.80 bits per heavy atom. The first kappa shape index (κ1) is 27.9. The summed E-state index contributed by atoms with van der Waals surface area (Å²) in [5, 5.41) is 0. The number of likely N-dealkylation sites (N-methyl/N-ethyl adjacent to an activating group) is 1. The van der Waals surface area contributed by atoms with Crippen LogP contribution in [0.3, 0.4) is 0 Å². The predicted octanol–water partition coefficient (Wildman–Crippen LogP) is 3.75. The van der Waals surface area contributed by atoms with Gasteiger partial charge in [-0.3, -0.25) is 4.79 Å². The van der Waals surface area contributed by atoms with Gasteiger partial charge < -0.3 is 26.2 Å². The molecule has 4 heteroatoms. The van der Waals surface area contributed by atoms with Crippen LogP contribution >= 0.6 is 0 Å². The number of rotatable bonds is 15. The van der Waals surface area contributed by atoms with Gasteiger partial charge >= 0.3 is 5.97 Å². The van der Waals surface area contributed by atoms with Crippen LogP contribution in [0.2, 0.25) is 0 Å². The summed E-state index contributed by atoms with van der Waals surface area (Å²) < 4.78 is 7.10. The van der Waals surface area contributed by atoms with Gasteiger partial charge in [0.15, 0.2) is 0 Å². The Labute approximate surface area is 198 Å². The van der Waals surface area contributed by atoms with Crippen LogP contribution in [0.1, 0.15) is 111 Å². The van der Waals surface area contributed by atoms with E-state index in [9.17, 15) is 4.79 Å². The number of hydrogen-bond acceptors (Lipinski definition) is 2. The average molecular weight is 489 g/mol. The number of hydrogen-bond donors (Lipinski definition) is 0. The molecule has 178 valence electrons. The number of carbonyl (C=O) groups is 1. The van der Waals surface area contributed by atoms with Gasteiger partial charge in [0.05, 0.1) is 25.6 Å². The van der Waals surface area contributed by atoms with Gasteiger partial charge in [-0.1, -0.05) is 58.3 Å². The van der Waals surface area contributed by atoms with E-state index >= 15 is 0 Å². The molecule has 0 unspecified atom stereocenters. The summed E-state index contributed by atoms with van der Waals surface area (Å²) in [5.41, 5.74) is 0. The van der Waals surface area contributed by atoms with Crippen LogP contribution in [0.4, 0.5) is 0 Å². The molecule has 2 rings (SSSR count). The first-order chi connectivity index (χ1) is 14.2. The third-order valence-electron chi connectivity index (χ3n) is 8.23. The van der Waals surface area contributed by atoms with E-state index in [0.717, 1.165) is 24.1 Å². The van der Waals surface area contributed by atoms with Gasteiger partial charge in [-0.05, 0) is 64.2 Å². The molecule has 2 fully saturated rings. The van der Waals surface area contributed by atoms with Gasteiger partial charge in [-0.25, -0.2) is 0 Å². The summed E-state index contributed by atoms with van der Waals surface area (Å²) in [4.78, 5) is 13.1. The third kappa shape index (κ3) is 8.81. The van der Waals surface area contributed by atoms with Crippen LogP contribution in [0, 0.1) is 17.8 Å². The number of nitrogens with zero attached hydrogens (tertiary/aromatic N) is 1. The molecule has 0 saturated heterocycles. The highest BCUT2D eigenvalue weighted by atomic mass is 79.9. The Morgan fingerprint density at radius 2 is 1.30 bits per heavy atom. The summed E-state index contributed by atoms with van der Waals surface area (Å²) in [6.07, 6.45) is 18.4. The first-order valence-electron chi connectivity index (χ1n) is 13.2. The van der Waals surface area contributed by atoms with Crippen molar-refractivity contribution in [1.82, 2.24) is 0 Å². The minimum Gasteiger partial charge on any atom is -1.00 e. The maximum Gasteiger partial charge on any atom is 0.309 e. The molecule has 0 radical (unpaired) electrons.